The van der Waals surface area contributed by atoms with Crippen LogP contribution in [0.15, 0.2) is 30.3 Å². The third kappa shape index (κ3) is 4.51. The Bertz CT molecular complexity index is 525. The van der Waals surface area contributed by atoms with Gasteiger partial charge in [-0.3, -0.25) is 0 Å². The van der Waals surface area contributed by atoms with Gasteiger partial charge < -0.3 is 4.90 Å². The Kier molecular flexibility index (Phi) is 5.75. The van der Waals surface area contributed by atoms with Crippen molar-refractivity contribution in [2.24, 2.45) is 0 Å². The van der Waals surface area contributed by atoms with E-state index in [1.807, 2.05) is 25.2 Å². The van der Waals surface area contributed by atoms with Crippen molar-refractivity contribution in [3.63, 3.8) is 0 Å². The number of nitrogens with zero attached hydrogens (tertiary/aromatic N) is 2. The van der Waals surface area contributed by atoms with Gasteiger partial charge in [-0.15, -0.1) is 0 Å². The summed E-state index contributed by atoms with van der Waals surface area (Å²) in [5, 5.41) is 0. The summed E-state index contributed by atoms with van der Waals surface area (Å²) in [6.45, 7) is 5.24. The zero-order valence-corrected chi connectivity index (χ0v) is 13.6. The van der Waals surface area contributed by atoms with Crippen LogP contribution in [0.1, 0.15) is 24.8 Å². The molecule has 21 heavy (non-hydrogen) atoms. The van der Waals surface area contributed by atoms with Crippen LogP contribution in [0, 0.1) is 0 Å². The van der Waals surface area contributed by atoms with Crippen LogP contribution in [0.25, 0.3) is 0 Å². The van der Waals surface area contributed by atoms with E-state index in [1.54, 1.807) is 4.31 Å². The van der Waals surface area contributed by atoms with Crippen LogP contribution in [-0.4, -0.2) is 57.4 Å². The second kappa shape index (κ2) is 7.35. The Balaban J connectivity index is 1.94. The molecule has 1 aromatic carbocycles. The van der Waals surface area contributed by atoms with Crippen molar-refractivity contribution >= 4 is 10.2 Å². The minimum Gasteiger partial charge on any atom is -0.304 e. The lowest BCUT2D eigenvalue weighted by Gasteiger charge is -2.32. The Hall–Kier alpha value is -0.950. The molecule has 0 bridgehead atoms. The number of hydrogen-bond donors (Lipinski definition) is 1. The summed E-state index contributed by atoms with van der Waals surface area (Å²) < 4.78 is 29.0. The maximum atomic E-state index is 12.3. The minimum absolute atomic E-state index is 0.216. The first-order chi connectivity index (χ1) is 10.0. The van der Waals surface area contributed by atoms with Gasteiger partial charge in [-0.05, 0) is 24.9 Å². The molecule has 1 fully saturated rings. The van der Waals surface area contributed by atoms with Gasteiger partial charge in [-0.1, -0.05) is 37.3 Å². The van der Waals surface area contributed by atoms with Crippen LogP contribution >= 0.6 is 0 Å². The third-order valence-electron chi connectivity index (χ3n) is 4.08. The van der Waals surface area contributed by atoms with Crippen LogP contribution in [0.3, 0.4) is 0 Å². The van der Waals surface area contributed by atoms with Gasteiger partial charge in [0.2, 0.25) is 0 Å². The van der Waals surface area contributed by atoms with E-state index < -0.39 is 10.2 Å². The number of rotatable bonds is 6. The Morgan fingerprint density at radius 1 is 1.14 bits per heavy atom. The highest BCUT2D eigenvalue weighted by molar-refractivity contribution is 7.87. The summed E-state index contributed by atoms with van der Waals surface area (Å²) in [6.07, 6.45) is 0.912. The van der Waals surface area contributed by atoms with E-state index >= 15 is 0 Å². The SMILES string of the molecule is CCC(CNS(=O)(=O)N1CCN(C)CC1)c1ccccc1. The topological polar surface area (TPSA) is 52.7 Å². The number of piperazine rings is 1. The smallest absolute Gasteiger partial charge is 0.279 e. The van der Waals surface area contributed by atoms with Gasteiger partial charge in [-0.2, -0.15) is 12.7 Å². The van der Waals surface area contributed by atoms with Gasteiger partial charge in [0.15, 0.2) is 0 Å². The van der Waals surface area contributed by atoms with Gasteiger partial charge in [0, 0.05) is 32.7 Å². The van der Waals surface area contributed by atoms with Gasteiger partial charge in [-0.25, -0.2) is 4.72 Å². The highest BCUT2D eigenvalue weighted by atomic mass is 32.2. The second-order valence-electron chi connectivity index (χ2n) is 5.57. The van der Waals surface area contributed by atoms with E-state index in [1.165, 1.54) is 5.56 Å². The molecule has 6 heteroatoms. The van der Waals surface area contributed by atoms with Crippen LogP contribution in [0.2, 0.25) is 0 Å². The zero-order chi connectivity index (χ0) is 15.3. The maximum absolute atomic E-state index is 12.3. The van der Waals surface area contributed by atoms with Crippen molar-refractivity contribution in [1.82, 2.24) is 13.9 Å². The number of nitrogens with one attached hydrogen (secondary N) is 1. The van der Waals surface area contributed by atoms with Gasteiger partial charge >= 0.3 is 0 Å². The Morgan fingerprint density at radius 2 is 1.76 bits per heavy atom. The van der Waals surface area contributed by atoms with Crippen molar-refractivity contribution in [3.05, 3.63) is 35.9 Å². The predicted octanol–water partition coefficient (Wildman–Crippen LogP) is 1.26. The number of benzene rings is 1. The standard InChI is InChI=1S/C15H25N3O2S/c1-3-14(15-7-5-4-6-8-15)13-16-21(19,20)18-11-9-17(2)10-12-18/h4-8,14,16H,3,9-13H2,1-2H3. The molecule has 5 nitrogen and oxygen atoms in total. The number of hydrogen-bond acceptors (Lipinski definition) is 3. The fourth-order valence-electron chi connectivity index (χ4n) is 2.55. The first-order valence-electron chi connectivity index (χ1n) is 7.51. The molecule has 1 N–H and O–H groups in total. The average Bonchev–Trinajstić information content (AvgIpc) is 2.49. The van der Waals surface area contributed by atoms with E-state index in [-0.39, 0.29) is 5.92 Å². The largest absolute Gasteiger partial charge is 0.304 e. The average molecular weight is 311 g/mol. The highest BCUT2D eigenvalue weighted by Crippen LogP contribution is 2.18. The van der Waals surface area contributed by atoms with Crippen molar-refractivity contribution < 1.29 is 8.42 Å². The normalized spacial score (nSPS) is 19.5. The fourth-order valence-corrected chi connectivity index (χ4v) is 3.79. The molecule has 1 aliphatic rings. The molecule has 0 aliphatic carbocycles. The van der Waals surface area contributed by atoms with E-state index in [9.17, 15) is 8.42 Å². The second-order valence-corrected chi connectivity index (χ2v) is 7.33. The molecule has 1 atom stereocenters. The fraction of sp³-hybridized carbons (Fsp3) is 0.600. The lowest BCUT2D eigenvalue weighted by Crippen LogP contribution is -2.51. The summed E-state index contributed by atoms with van der Waals surface area (Å²) in [4.78, 5) is 2.14. The minimum atomic E-state index is -3.36. The first kappa shape index (κ1) is 16.4. The highest BCUT2D eigenvalue weighted by Gasteiger charge is 2.26. The summed E-state index contributed by atoms with van der Waals surface area (Å²) in [5.74, 6) is 0.216. The molecule has 0 spiro atoms. The maximum Gasteiger partial charge on any atom is 0.279 e. The van der Waals surface area contributed by atoms with E-state index in [4.69, 9.17) is 0 Å². The Morgan fingerprint density at radius 3 is 2.33 bits per heavy atom. The lowest BCUT2D eigenvalue weighted by atomic mass is 9.97. The van der Waals surface area contributed by atoms with Crippen molar-refractivity contribution in [2.45, 2.75) is 19.3 Å². The molecular weight excluding hydrogens is 286 g/mol. The molecule has 1 heterocycles. The van der Waals surface area contributed by atoms with Crippen molar-refractivity contribution in [3.8, 4) is 0 Å². The summed E-state index contributed by atoms with van der Waals surface area (Å²) in [6, 6.07) is 10.1. The van der Waals surface area contributed by atoms with E-state index in [2.05, 4.69) is 28.7 Å². The van der Waals surface area contributed by atoms with E-state index in [0.29, 0.717) is 19.6 Å². The summed E-state index contributed by atoms with van der Waals surface area (Å²) in [7, 11) is -1.35. The van der Waals surface area contributed by atoms with Gasteiger partial charge in [0.05, 0.1) is 0 Å². The van der Waals surface area contributed by atoms with E-state index in [0.717, 1.165) is 19.5 Å². The Labute approximate surface area is 128 Å². The molecule has 0 aromatic heterocycles. The predicted molar refractivity (Wildman–Crippen MR) is 85.5 cm³/mol. The molecule has 2 rings (SSSR count). The molecule has 1 aromatic rings. The monoisotopic (exact) mass is 311 g/mol. The molecule has 1 unspecified atom stereocenters. The summed E-state index contributed by atoms with van der Waals surface area (Å²) in [5.41, 5.74) is 1.18. The molecule has 1 aliphatic heterocycles. The van der Waals surface area contributed by atoms with Crippen molar-refractivity contribution in [2.75, 3.05) is 39.8 Å². The third-order valence-corrected chi connectivity index (χ3v) is 5.65. The van der Waals surface area contributed by atoms with Crippen LogP contribution in [0.4, 0.5) is 0 Å². The quantitative estimate of drug-likeness (QED) is 0.860. The van der Waals surface area contributed by atoms with Gasteiger partial charge in [0.1, 0.15) is 0 Å². The first-order valence-corrected chi connectivity index (χ1v) is 8.95. The molecular formula is C15H25N3O2S. The van der Waals surface area contributed by atoms with Crippen LogP contribution in [-0.2, 0) is 10.2 Å². The van der Waals surface area contributed by atoms with Crippen molar-refractivity contribution in [1.29, 1.82) is 0 Å². The molecule has 118 valence electrons. The van der Waals surface area contributed by atoms with Gasteiger partial charge in [0.25, 0.3) is 10.2 Å². The van der Waals surface area contributed by atoms with Crippen LogP contribution < -0.4 is 4.72 Å². The molecule has 0 radical (unpaired) electrons. The molecule has 1 saturated heterocycles. The summed E-state index contributed by atoms with van der Waals surface area (Å²) >= 11 is 0. The van der Waals surface area contributed by atoms with Crippen LogP contribution in [0.5, 0.6) is 0 Å². The lowest BCUT2D eigenvalue weighted by molar-refractivity contribution is 0.220. The zero-order valence-electron chi connectivity index (χ0n) is 12.8. The number of likely N-dealkylation sites (N-methyl/N-ethyl adjacent to an activating group) is 1. The molecule has 0 amide bonds. The molecule has 0 saturated carbocycles.